The van der Waals surface area contributed by atoms with E-state index in [0.717, 1.165) is 11.1 Å². The molecule has 0 fully saturated rings. The number of carbonyl (C=O) groups excluding carboxylic acids is 1. The van der Waals surface area contributed by atoms with Gasteiger partial charge in [-0.05, 0) is 47.9 Å². The van der Waals surface area contributed by atoms with Crippen molar-refractivity contribution in [1.82, 2.24) is 15.0 Å². The third kappa shape index (κ3) is 6.12. The van der Waals surface area contributed by atoms with E-state index in [4.69, 9.17) is 11.6 Å². The molecule has 0 bridgehead atoms. The Morgan fingerprint density at radius 2 is 1.66 bits per heavy atom. The number of sulfonamides is 1. The van der Waals surface area contributed by atoms with Gasteiger partial charge in [0.25, 0.3) is 0 Å². The second kappa shape index (κ2) is 9.65. The highest BCUT2D eigenvalue weighted by atomic mass is 35.5. The standard InChI is InChI=1S/C21H20ClN3O3S/c22-18-8-10-19(11-9-18)29(27,28)25-20(13-16-5-2-1-3-6-16)21(26)24-15-17-7-4-12-23-14-17/h1-12,14,20,25H,13,15H2,(H,24,26)/t20-/m1/s1. The molecular formula is C21H20ClN3O3S. The number of nitrogens with zero attached hydrogens (tertiary/aromatic N) is 1. The van der Waals surface area contributed by atoms with Gasteiger partial charge in [-0.2, -0.15) is 4.72 Å². The summed E-state index contributed by atoms with van der Waals surface area (Å²) < 4.78 is 28.1. The van der Waals surface area contributed by atoms with Crippen LogP contribution in [-0.2, 0) is 27.8 Å². The van der Waals surface area contributed by atoms with Crippen LogP contribution >= 0.6 is 11.6 Å². The maximum Gasteiger partial charge on any atom is 0.241 e. The highest BCUT2D eigenvalue weighted by Crippen LogP contribution is 2.15. The Bertz CT molecular complexity index is 1040. The van der Waals surface area contributed by atoms with Crippen LogP contribution in [0.15, 0.2) is 84.0 Å². The Morgan fingerprint density at radius 3 is 2.31 bits per heavy atom. The molecule has 8 heteroatoms. The van der Waals surface area contributed by atoms with Crippen LogP contribution in [0.4, 0.5) is 0 Å². The van der Waals surface area contributed by atoms with E-state index in [-0.39, 0.29) is 17.9 Å². The fourth-order valence-electron chi connectivity index (χ4n) is 2.72. The molecule has 6 nitrogen and oxygen atoms in total. The predicted molar refractivity (Wildman–Crippen MR) is 112 cm³/mol. The molecule has 1 aromatic heterocycles. The van der Waals surface area contributed by atoms with Gasteiger partial charge in [-0.1, -0.05) is 48.0 Å². The summed E-state index contributed by atoms with van der Waals surface area (Å²) in [5, 5.41) is 3.21. The first-order chi connectivity index (χ1) is 13.9. The fourth-order valence-corrected chi connectivity index (χ4v) is 4.04. The van der Waals surface area contributed by atoms with Crippen molar-refractivity contribution in [1.29, 1.82) is 0 Å². The van der Waals surface area contributed by atoms with Crippen LogP contribution in [0.5, 0.6) is 0 Å². The summed E-state index contributed by atoms with van der Waals surface area (Å²) in [6.45, 7) is 0.251. The molecular weight excluding hydrogens is 410 g/mol. The van der Waals surface area contributed by atoms with Crippen LogP contribution < -0.4 is 10.0 Å². The summed E-state index contributed by atoms with van der Waals surface area (Å²) in [4.78, 5) is 16.9. The third-order valence-corrected chi connectivity index (χ3v) is 5.95. The molecule has 0 saturated carbocycles. The highest BCUT2D eigenvalue weighted by molar-refractivity contribution is 7.89. The zero-order valence-electron chi connectivity index (χ0n) is 15.5. The maximum atomic E-state index is 12.8. The van der Waals surface area contributed by atoms with Gasteiger partial charge in [0.05, 0.1) is 4.90 Å². The Hall–Kier alpha value is -2.74. The number of rotatable bonds is 8. The van der Waals surface area contributed by atoms with Gasteiger partial charge in [0.1, 0.15) is 6.04 Å². The second-order valence-corrected chi connectivity index (χ2v) is 8.55. The number of benzene rings is 2. The van der Waals surface area contributed by atoms with Crippen molar-refractivity contribution in [2.24, 2.45) is 0 Å². The Morgan fingerprint density at radius 1 is 0.966 bits per heavy atom. The van der Waals surface area contributed by atoms with Crippen molar-refractivity contribution in [2.75, 3.05) is 0 Å². The average molecular weight is 430 g/mol. The molecule has 3 aromatic rings. The molecule has 0 spiro atoms. The molecule has 150 valence electrons. The van der Waals surface area contributed by atoms with Crippen molar-refractivity contribution < 1.29 is 13.2 Å². The van der Waals surface area contributed by atoms with E-state index in [9.17, 15) is 13.2 Å². The third-order valence-electron chi connectivity index (χ3n) is 4.21. The van der Waals surface area contributed by atoms with Crippen molar-refractivity contribution in [3.05, 3.63) is 95.3 Å². The number of carbonyl (C=O) groups is 1. The summed E-state index contributed by atoms with van der Waals surface area (Å²) in [6, 6.07) is 17.6. The molecule has 3 rings (SSSR count). The summed E-state index contributed by atoms with van der Waals surface area (Å²) in [5.41, 5.74) is 1.66. The van der Waals surface area contributed by atoms with Gasteiger partial charge in [-0.25, -0.2) is 8.42 Å². The maximum absolute atomic E-state index is 12.8. The molecule has 0 aliphatic rings. The van der Waals surface area contributed by atoms with Gasteiger partial charge >= 0.3 is 0 Å². The lowest BCUT2D eigenvalue weighted by atomic mass is 10.1. The normalized spacial score (nSPS) is 12.3. The lowest BCUT2D eigenvalue weighted by molar-refractivity contribution is -0.122. The van der Waals surface area contributed by atoms with E-state index < -0.39 is 22.0 Å². The van der Waals surface area contributed by atoms with Crippen molar-refractivity contribution in [3.8, 4) is 0 Å². The van der Waals surface area contributed by atoms with E-state index in [1.807, 2.05) is 36.4 Å². The van der Waals surface area contributed by atoms with E-state index in [0.29, 0.717) is 5.02 Å². The highest BCUT2D eigenvalue weighted by Gasteiger charge is 2.26. The monoisotopic (exact) mass is 429 g/mol. The minimum absolute atomic E-state index is 0.0417. The summed E-state index contributed by atoms with van der Waals surface area (Å²) in [5.74, 6) is -0.421. The van der Waals surface area contributed by atoms with Gasteiger partial charge in [0.2, 0.25) is 15.9 Å². The minimum atomic E-state index is -3.91. The number of halogens is 1. The molecule has 29 heavy (non-hydrogen) atoms. The number of nitrogens with one attached hydrogen (secondary N) is 2. The first kappa shape index (κ1) is 21.0. The number of amides is 1. The first-order valence-corrected chi connectivity index (χ1v) is 10.8. The summed E-state index contributed by atoms with van der Waals surface area (Å²) >= 11 is 5.84. The number of hydrogen-bond acceptors (Lipinski definition) is 4. The van der Waals surface area contributed by atoms with Crippen molar-refractivity contribution >= 4 is 27.5 Å². The fraction of sp³-hybridized carbons (Fsp3) is 0.143. The number of hydrogen-bond donors (Lipinski definition) is 2. The van der Waals surface area contributed by atoms with E-state index in [2.05, 4.69) is 15.0 Å². The largest absolute Gasteiger partial charge is 0.351 e. The Balaban J connectivity index is 1.78. The van der Waals surface area contributed by atoms with Crippen LogP contribution in [0, 0.1) is 0 Å². The van der Waals surface area contributed by atoms with Crippen LogP contribution in [-0.4, -0.2) is 25.4 Å². The van der Waals surface area contributed by atoms with Crippen molar-refractivity contribution in [2.45, 2.75) is 23.9 Å². The zero-order valence-corrected chi connectivity index (χ0v) is 17.0. The zero-order chi connectivity index (χ0) is 20.7. The lowest BCUT2D eigenvalue weighted by Gasteiger charge is -2.19. The van der Waals surface area contributed by atoms with Crippen molar-refractivity contribution in [3.63, 3.8) is 0 Å². The van der Waals surface area contributed by atoms with Crippen LogP contribution in [0.3, 0.4) is 0 Å². The molecule has 0 aliphatic carbocycles. The number of aromatic nitrogens is 1. The van der Waals surface area contributed by atoms with Crippen LogP contribution in [0.25, 0.3) is 0 Å². The smallest absolute Gasteiger partial charge is 0.241 e. The van der Waals surface area contributed by atoms with Gasteiger partial charge in [0, 0.05) is 24.0 Å². The number of pyridine rings is 1. The molecule has 0 radical (unpaired) electrons. The van der Waals surface area contributed by atoms with E-state index in [1.54, 1.807) is 18.5 Å². The van der Waals surface area contributed by atoms with Gasteiger partial charge in [-0.3, -0.25) is 9.78 Å². The summed E-state index contributed by atoms with van der Waals surface area (Å²) in [7, 11) is -3.91. The quantitative estimate of drug-likeness (QED) is 0.576. The predicted octanol–water partition coefficient (Wildman–Crippen LogP) is 2.94. The molecule has 1 amide bonds. The molecule has 2 N–H and O–H groups in total. The van der Waals surface area contributed by atoms with Gasteiger partial charge in [-0.15, -0.1) is 0 Å². The van der Waals surface area contributed by atoms with E-state index in [1.165, 1.54) is 24.3 Å². The first-order valence-electron chi connectivity index (χ1n) is 8.92. The molecule has 1 atom stereocenters. The lowest BCUT2D eigenvalue weighted by Crippen LogP contribution is -2.47. The Kier molecular flexibility index (Phi) is 6.98. The molecule has 0 aliphatic heterocycles. The molecule has 1 heterocycles. The topological polar surface area (TPSA) is 88.2 Å². The summed E-state index contributed by atoms with van der Waals surface area (Å²) in [6.07, 6.45) is 3.50. The van der Waals surface area contributed by atoms with Gasteiger partial charge in [0.15, 0.2) is 0 Å². The molecule has 0 saturated heterocycles. The molecule has 0 unspecified atom stereocenters. The van der Waals surface area contributed by atoms with Crippen LogP contribution in [0.2, 0.25) is 5.02 Å². The minimum Gasteiger partial charge on any atom is -0.351 e. The van der Waals surface area contributed by atoms with Gasteiger partial charge < -0.3 is 5.32 Å². The SMILES string of the molecule is O=C(NCc1cccnc1)[C@@H](Cc1ccccc1)NS(=O)(=O)c1ccc(Cl)cc1. The van der Waals surface area contributed by atoms with Crippen LogP contribution in [0.1, 0.15) is 11.1 Å². The second-order valence-electron chi connectivity index (χ2n) is 6.40. The molecule has 2 aromatic carbocycles. The average Bonchev–Trinajstić information content (AvgIpc) is 2.73. The Labute approximate surface area is 175 Å². The van der Waals surface area contributed by atoms with E-state index >= 15 is 0 Å².